The van der Waals surface area contributed by atoms with Gasteiger partial charge in [-0.1, -0.05) is 48.5 Å². The van der Waals surface area contributed by atoms with Crippen LogP contribution in [-0.4, -0.2) is 32.6 Å². The molecule has 6 nitrogen and oxygen atoms in total. The van der Waals surface area contributed by atoms with Crippen molar-refractivity contribution in [3.05, 3.63) is 107 Å². The summed E-state index contributed by atoms with van der Waals surface area (Å²) in [5, 5.41) is 19.7. The molecule has 1 aliphatic carbocycles. The smallest absolute Gasteiger partial charge is 0.267 e. The number of para-hydroxylation sites is 1. The minimum absolute atomic E-state index is 0.278. The van der Waals surface area contributed by atoms with E-state index < -0.39 is 5.91 Å². The van der Waals surface area contributed by atoms with E-state index in [1.807, 2.05) is 18.2 Å². The molecule has 0 radical (unpaired) electrons. The van der Waals surface area contributed by atoms with Crippen molar-refractivity contribution < 1.29 is 15.1 Å². The molecule has 0 aliphatic heterocycles. The van der Waals surface area contributed by atoms with Crippen LogP contribution in [0, 0.1) is 0 Å². The van der Waals surface area contributed by atoms with Gasteiger partial charge in [0.15, 0.2) is 0 Å². The quantitative estimate of drug-likeness (QED) is 0.164. The number of phenolic OH excluding ortho intramolecular Hbond substituents is 1. The standard InChI is InChI=1S/C29H29N3O3/c33-24-10-5-21(6-11-24)19-32(16-15-23-18-30-27-4-2-1-3-25(23)27)28-13-9-22-17-20(7-12-26(22)28)8-14-29(34)31-35/h1-8,10-12,14,17-18,28,30,33,35H,9,13,15-16,19H2,(H,31,34)/t28-/m0/s1. The molecular formula is C29H29N3O3. The SMILES string of the molecule is O=C(C=Cc1ccc2c(c1)CC[C@@H]2N(CCc1c[nH]c2ccccc12)Cc1ccc(O)cc1)NO. The maximum atomic E-state index is 11.3. The Morgan fingerprint density at radius 2 is 1.94 bits per heavy atom. The average Bonchev–Trinajstić information content (AvgIpc) is 3.50. The first-order chi connectivity index (χ1) is 17.1. The summed E-state index contributed by atoms with van der Waals surface area (Å²) in [6.07, 6.45) is 8.10. The Morgan fingerprint density at radius 1 is 1.11 bits per heavy atom. The number of aromatic nitrogens is 1. The molecule has 0 saturated heterocycles. The number of hydrogen-bond acceptors (Lipinski definition) is 4. The third-order valence-corrected chi connectivity index (χ3v) is 6.86. The van der Waals surface area contributed by atoms with E-state index in [1.165, 1.54) is 33.7 Å². The third-order valence-electron chi connectivity index (χ3n) is 6.86. The van der Waals surface area contributed by atoms with E-state index in [2.05, 4.69) is 52.5 Å². The van der Waals surface area contributed by atoms with Crippen molar-refractivity contribution in [2.45, 2.75) is 31.8 Å². The lowest BCUT2D eigenvalue weighted by Gasteiger charge is -2.30. The molecule has 6 heteroatoms. The van der Waals surface area contributed by atoms with Crippen molar-refractivity contribution in [1.29, 1.82) is 0 Å². The number of aromatic hydroxyl groups is 1. The molecule has 3 aromatic carbocycles. The summed E-state index contributed by atoms with van der Waals surface area (Å²) in [6.45, 7) is 1.70. The first kappa shape index (κ1) is 22.9. The van der Waals surface area contributed by atoms with Crippen LogP contribution in [-0.2, 0) is 24.2 Å². The number of aromatic amines is 1. The highest BCUT2D eigenvalue weighted by Gasteiger charge is 2.28. The minimum atomic E-state index is -0.541. The van der Waals surface area contributed by atoms with Crippen molar-refractivity contribution in [1.82, 2.24) is 15.4 Å². The van der Waals surface area contributed by atoms with Gasteiger partial charge in [-0.3, -0.25) is 14.9 Å². The summed E-state index contributed by atoms with van der Waals surface area (Å²) in [7, 11) is 0. The highest BCUT2D eigenvalue weighted by atomic mass is 16.5. The number of amides is 1. The normalized spacial score (nSPS) is 15.2. The fourth-order valence-corrected chi connectivity index (χ4v) is 5.09. The van der Waals surface area contributed by atoms with Gasteiger partial charge in [-0.25, -0.2) is 5.48 Å². The number of nitrogens with one attached hydrogen (secondary N) is 2. The van der Waals surface area contributed by atoms with E-state index >= 15 is 0 Å². The van der Waals surface area contributed by atoms with Crippen LogP contribution in [0.25, 0.3) is 17.0 Å². The molecule has 1 aliphatic rings. The van der Waals surface area contributed by atoms with Gasteiger partial charge in [-0.15, -0.1) is 0 Å². The van der Waals surface area contributed by atoms with Crippen molar-refractivity contribution >= 4 is 22.9 Å². The predicted molar refractivity (Wildman–Crippen MR) is 137 cm³/mol. The maximum absolute atomic E-state index is 11.3. The number of hydrogen-bond donors (Lipinski definition) is 4. The van der Waals surface area contributed by atoms with Gasteiger partial charge in [0.2, 0.25) is 0 Å². The van der Waals surface area contributed by atoms with Crippen LogP contribution >= 0.6 is 0 Å². The van der Waals surface area contributed by atoms with Crippen LogP contribution < -0.4 is 5.48 Å². The highest BCUT2D eigenvalue weighted by Crippen LogP contribution is 2.37. The Hall–Kier alpha value is -3.87. The van der Waals surface area contributed by atoms with E-state index in [-0.39, 0.29) is 5.75 Å². The van der Waals surface area contributed by atoms with Gasteiger partial charge < -0.3 is 10.1 Å². The molecule has 0 bridgehead atoms. The molecule has 0 saturated carbocycles. The van der Waals surface area contributed by atoms with Gasteiger partial charge in [0.1, 0.15) is 5.75 Å². The van der Waals surface area contributed by atoms with Crippen molar-refractivity contribution in [2.75, 3.05) is 6.54 Å². The largest absolute Gasteiger partial charge is 0.508 e. The molecule has 4 aromatic rings. The topological polar surface area (TPSA) is 88.6 Å². The van der Waals surface area contributed by atoms with Crippen LogP contribution in [0.3, 0.4) is 0 Å². The molecule has 35 heavy (non-hydrogen) atoms. The molecule has 178 valence electrons. The lowest BCUT2D eigenvalue weighted by atomic mass is 10.0. The number of carbonyl (C=O) groups is 1. The van der Waals surface area contributed by atoms with E-state index in [0.29, 0.717) is 6.04 Å². The number of phenols is 1. The molecule has 1 aromatic heterocycles. The number of hydroxylamine groups is 1. The summed E-state index contributed by atoms with van der Waals surface area (Å²) in [5.41, 5.74) is 8.83. The monoisotopic (exact) mass is 467 g/mol. The van der Waals surface area contributed by atoms with Gasteiger partial charge >= 0.3 is 0 Å². The van der Waals surface area contributed by atoms with Gasteiger partial charge in [0.05, 0.1) is 0 Å². The summed E-state index contributed by atoms with van der Waals surface area (Å²) in [4.78, 5) is 17.3. The molecule has 0 unspecified atom stereocenters. The number of fused-ring (bicyclic) bond motifs is 2. The molecule has 1 amide bonds. The zero-order valence-electron chi connectivity index (χ0n) is 19.4. The lowest BCUT2D eigenvalue weighted by Crippen LogP contribution is -2.29. The van der Waals surface area contributed by atoms with Crippen LogP contribution in [0.1, 0.15) is 40.3 Å². The van der Waals surface area contributed by atoms with Gasteiger partial charge in [-0.05, 0) is 71.4 Å². The van der Waals surface area contributed by atoms with Crippen LogP contribution in [0.4, 0.5) is 0 Å². The minimum Gasteiger partial charge on any atom is -0.508 e. The van der Waals surface area contributed by atoms with Gasteiger partial charge in [0.25, 0.3) is 5.91 Å². The summed E-state index contributed by atoms with van der Waals surface area (Å²) in [6, 6.07) is 22.5. The zero-order valence-corrected chi connectivity index (χ0v) is 19.4. The van der Waals surface area contributed by atoms with E-state index in [9.17, 15) is 9.90 Å². The number of benzene rings is 3. The van der Waals surface area contributed by atoms with E-state index in [4.69, 9.17) is 5.21 Å². The molecule has 0 spiro atoms. The molecule has 0 fully saturated rings. The maximum Gasteiger partial charge on any atom is 0.267 e. The molecule has 5 rings (SSSR count). The molecule has 1 heterocycles. The van der Waals surface area contributed by atoms with Crippen LogP contribution in [0.5, 0.6) is 5.75 Å². The summed E-state index contributed by atoms with van der Waals surface area (Å²) in [5.74, 6) is -0.263. The van der Waals surface area contributed by atoms with Gasteiger partial charge in [0, 0.05) is 42.3 Å². The number of nitrogens with zero attached hydrogens (tertiary/aromatic N) is 1. The summed E-state index contributed by atoms with van der Waals surface area (Å²) >= 11 is 0. The predicted octanol–water partition coefficient (Wildman–Crippen LogP) is 5.12. The molecular weight excluding hydrogens is 438 g/mol. The van der Waals surface area contributed by atoms with Crippen molar-refractivity contribution in [3.63, 3.8) is 0 Å². The van der Waals surface area contributed by atoms with Crippen LogP contribution in [0.2, 0.25) is 0 Å². The second kappa shape index (κ2) is 10.2. The molecule has 1 atom stereocenters. The Balaban J connectivity index is 1.39. The van der Waals surface area contributed by atoms with E-state index in [1.54, 1.807) is 23.7 Å². The summed E-state index contributed by atoms with van der Waals surface area (Å²) < 4.78 is 0. The third kappa shape index (κ3) is 5.14. The molecule has 4 N–H and O–H groups in total. The lowest BCUT2D eigenvalue weighted by molar-refractivity contribution is -0.124. The number of rotatable bonds is 8. The van der Waals surface area contributed by atoms with Crippen molar-refractivity contribution in [2.24, 2.45) is 0 Å². The first-order valence-electron chi connectivity index (χ1n) is 11.9. The Kier molecular flexibility index (Phi) is 6.66. The number of aryl methyl sites for hydroxylation is 1. The first-order valence-corrected chi connectivity index (χ1v) is 11.9. The second-order valence-electron chi connectivity index (χ2n) is 9.07. The zero-order chi connectivity index (χ0) is 24.2. The van der Waals surface area contributed by atoms with Crippen LogP contribution in [0.15, 0.2) is 79.0 Å². The highest BCUT2D eigenvalue weighted by molar-refractivity contribution is 5.90. The average molecular weight is 468 g/mol. The fourth-order valence-electron chi connectivity index (χ4n) is 5.09. The number of H-pyrrole nitrogens is 1. The Labute approximate surface area is 204 Å². The second-order valence-corrected chi connectivity index (χ2v) is 9.07. The van der Waals surface area contributed by atoms with Gasteiger partial charge in [-0.2, -0.15) is 0 Å². The fraction of sp³-hybridized carbons (Fsp3) is 0.207. The van der Waals surface area contributed by atoms with Crippen molar-refractivity contribution in [3.8, 4) is 5.75 Å². The van der Waals surface area contributed by atoms with E-state index in [0.717, 1.165) is 43.4 Å². The number of carbonyl (C=O) groups excluding carboxylic acids is 1. The Morgan fingerprint density at radius 3 is 2.77 bits per heavy atom. The Bertz CT molecular complexity index is 1360.